The van der Waals surface area contributed by atoms with Crippen molar-refractivity contribution < 1.29 is 13.9 Å². The van der Waals surface area contributed by atoms with Crippen molar-refractivity contribution in [3.63, 3.8) is 0 Å². The van der Waals surface area contributed by atoms with E-state index in [1.54, 1.807) is 18.4 Å². The molecular weight excluding hydrogens is 345 g/mol. The average Bonchev–Trinajstić information content (AvgIpc) is 2.88. The molecule has 0 spiro atoms. The van der Waals surface area contributed by atoms with Gasteiger partial charge >= 0.3 is 0 Å². The fraction of sp³-hybridized carbons (Fsp3) is 0.154. The monoisotopic (exact) mass is 357 g/mol. The largest absolute Gasteiger partial charge is 0.483 e. The number of halogens is 1. The summed E-state index contributed by atoms with van der Waals surface area (Å²) in [5, 5.41) is 2.71. The highest BCUT2D eigenvalue weighted by atomic mass is 127. The van der Waals surface area contributed by atoms with Crippen LogP contribution in [0.1, 0.15) is 5.76 Å². The number of benzene rings is 1. The van der Waals surface area contributed by atoms with Crippen molar-refractivity contribution in [2.24, 2.45) is 0 Å². The zero-order valence-corrected chi connectivity index (χ0v) is 11.7. The lowest BCUT2D eigenvalue weighted by Crippen LogP contribution is -2.28. The van der Waals surface area contributed by atoms with Gasteiger partial charge in [-0.15, -0.1) is 0 Å². The second-order valence-corrected chi connectivity index (χ2v) is 4.74. The van der Waals surface area contributed by atoms with Gasteiger partial charge in [0.2, 0.25) is 0 Å². The number of carbonyl (C=O) groups excluding carboxylic acids is 1. The Morgan fingerprint density at radius 3 is 2.83 bits per heavy atom. The molecule has 1 heterocycles. The van der Waals surface area contributed by atoms with E-state index in [2.05, 4.69) is 27.9 Å². The molecule has 1 aromatic carbocycles. The molecule has 0 bridgehead atoms. The van der Waals surface area contributed by atoms with Crippen molar-refractivity contribution in [2.75, 3.05) is 6.61 Å². The van der Waals surface area contributed by atoms with Crippen molar-refractivity contribution in [3.05, 3.63) is 52.0 Å². The third-order valence-corrected chi connectivity index (χ3v) is 3.13. The second kappa shape index (κ2) is 6.44. The molecule has 1 N–H and O–H groups in total. The van der Waals surface area contributed by atoms with Crippen LogP contribution in [0.2, 0.25) is 0 Å². The van der Waals surface area contributed by atoms with Crippen molar-refractivity contribution in [3.8, 4) is 5.75 Å². The first-order chi connectivity index (χ1) is 8.75. The summed E-state index contributed by atoms with van der Waals surface area (Å²) in [4.78, 5) is 11.5. The van der Waals surface area contributed by atoms with Gasteiger partial charge in [-0.05, 0) is 46.9 Å². The van der Waals surface area contributed by atoms with Gasteiger partial charge in [0.1, 0.15) is 11.5 Å². The Morgan fingerprint density at radius 1 is 1.28 bits per heavy atom. The van der Waals surface area contributed by atoms with Crippen molar-refractivity contribution >= 4 is 28.5 Å². The summed E-state index contributed by atoms with van der Waals surface area (Å²) in [7, 11) is 0. The molecule has 1 aromatic heterocycles. The quantitative estimate of drug-likeness (QED) is 0.837. The summed E-state index contributed by atoms with van der Waals surface area (Å²) in [6, 6.07) is 11.1. The minimum absolute atomic E-state index is 0.000718. The summed E-state index contributed by atoms with van der Waals surface area (Å²) in [6.45, 7) is 0.377. The maximum Gasteiger partial charge on any atom is 0.258 e. The van der Waals surface area contributed by atoms with Crippen molar-refractivity contribution in [2.45, 2.75) is 6.54 Å². The van der Waals surface area contributed by atoms with Crippen LogP contribution in [0.15, 0.2) is 47.1 Å². The fourth-order valence-corrected chi connectivity index (χ4v) is 1.90. The molecule has 0 fully saturated rings. The van der Waals surface area contributed by atoms with Crippen LogP contribution in [0.25, 0.3) is 0 Å². The first kappa shape index (κ1) is 12.9. The zero-order valence-electron chi connectivity index (χ0n) is 9.56. The standard InChI is InChI=1S/C13H12INO3/c14-11-5-1-2-6-12(11)18-9-13(16)15-8-10-4-3-7-17-10/h1-7H,8-9H2,(H,15,16). The number of rotatable bonds is 5. The van der Waals surface area contributed by atoms with Gasteiger partial charge in [-0.25, -0.2) is 0 Å². The molecule has 0 atom stereocenters. The van der Waals surface area contributed by atoms with E-state index < -0.39 is 0 Å². The van der Waals surface area contributed by atoms with Gasteiger partial charge in [-0.1, -0.05) is 12.1 Å². The Kier molecular flexibility index (Phi) is 4.63. The number of carbonyl (C=O) groups is 1. The first-order valence-corrected chi connectivity index (χ1v) is 6.50. The Hall–Kier alpha value is -1.50. The van der Waals surface area contributed by atoms with Crippen molar-refractivity contribution in [1.82, 2.24) is 5.32 Å². The molecule has 18 heavy (non-hydrogen) atoms. The highest BCUT2D eigenvalue weighted by molar-refractivity contribution is 14.1. The maximum absolute atomic E-state index is 11.5. The number of hydrogen-bond donors (Lipinski definition) is 1. The van der Waals surface area contributed by atoms with Gasteiger partial charge in [0.15, 0.2) is 6.61 Å². The van der Waals surface area contributed by atoms with Crippen LogP contribution in [0.5, 0.6) is 5.75 Å². The lowest BCUT2D eigenvalue weighted by molar-refractivity contribution is -0.123. The van der Waals surface area contributed by atoms with Gasteiger partial charge in [0.25, 0.3) is 5.91 Å². The molecule has 0 aliphatic carbocycles. The molecule has 5 heteroatoms. The van der Waals surface area contributed by atoms with Crippen LogP contribution in [-0.2, 0) is 11.3 Å². The highest BCUT2D eigenvalue weighted by Crippen LogP contribution is 2.19. The molecule has 0 saturated heterocycles. The van der Waals surface area contributed by atoms with Gasteiger partial charge in [-0.2, -0.15) is 0 Å². The highest BCUT2D eigenvalue weighted by Gasteiger charge is 2.05. The van der Waals surface area contributed by atoms with E-state index in [4.69, 9.17) is 9.15 Å². The predicted molar refractivity (Wildman–Crippen MR) is 75.2 cm³/mol. The molecule has 0 aliphatic rings. The number of amides is 1. The number of nitrogens with one attached hydrogen (secondary N) is 1. The normalized spacial score (nSPS) is 10.1. The van der Waals surface area contributed by atoms with Crippen molar-refractivity contribution in [1.29, 1.82) is 0 Å². The zero-order chi connectivity index (χ0) is 12.8. The number of para-hydroxylation sites is 1. The smallest absolute Gasteiger partial charge is 0.258 e. The van der Waals surface area contributed by atoms with E-state index >= 15 is 0 Å². The number of hydrogen-bond acceptors (Lipinski definition) is 3. The predicted octanol–water partition coefficient (Wildman–Crippen LogP) is 2.58. The van der Waals surface area contributed by atoms with Crippen LogP contribution < -0.4 is 10.1 Å². The molecule has 0 aliphatic heterocycles. The maximum atomic E-state index is 11.5. The Balaban J connectivity index is 1.77. The molecule has 0 unspecified atom stereocenters. The molecule has 0 saturated carbocycles. The van der Waals surface area contributed by atoms with Gasteiger partial charge < -0.3 is 14.5 Å². The summed E-state index contributed by atoms with van der Waals surface area (Å²) in [6.07, 6.45) is 1.57. The second-order valence-electron chi connectivity index (χ2n) is 3.58. The molecule has 1 amide bonds. The molecular formula is C13H12INO3. The molecule has 94 valence electrons. The first-order valence-electron chi connectivity index (χ1n) is 5.42. The third kappa shape index (κ3) is 3.76. The number of furan rings is 1. The Morgan fingerprint density at radius 2 is 2.11 bits per heavy atom. The van der Waals surface area contributed by atoms with Gasteiger partial charge in [-0.3, -0.25) is 4.79 Å². The van der Waals surface area contributed by atoms with E-state index in [0.717, 1.165) is 9.33 Å². The summed E-state index contributed by atoms with van der Waals surface area (Å²) < 4.78 is 11.5. The lowest BCUT2D eigenvalue weighted by Gasteiger charge is -2.07. The van der Waals surface area contributed by atoms with E-state index in [-0.39, 0.29) is 12.5 Å². The van der Waals surface area contributed by atoms with Crippen LogP contribution in [0.3, 0.4) is 0 Å². The topological polar surface area (TPSA) is 51.5 Å². The SMILES string of the molecule is O=C(COc1ccccc1I)NCc1ccco1. The summed E-state index contributed by atoms with van der Waals surface area (Å²) in [5.74, 6) is 1.26. The summed E-state index contributed by atoms with van der Waals surface area (Å²) >= 11 is 2.17. The molecule has 4 nitrogen and oxygen atoms in total. The van der Waals surface area contributed by atoms with Crippen LogP contribution in [-0.4, -0.2) is 12.5 Å². The van der Waals surface area contributed by atoms with Crippen LogP contribution in [0.4, 0.5) is 0 Å². The fourth-order valence-electron chi connectivity index (χ4n) is 1.35. The van der Waals surface area contributed by atoms with Crippen LogP contribution in [0, 0.1) is 3.57 Å². The van der Waals surface area contributed by atoms with Gasteiger partial charge in [0.05, 0.1) is 16.4 Å². The van der Waals surface area contributed by atoms with Crippen LogP contribution >= 0.6 is 22.6 Å². The van der Waals surface area contributed by atoms with E-state index in [9.17, 15) is 4.79 Å². The third-order valence-electron chi connectivity index (χ3n) is 2.24. The van der Waals surface area contributed by atoms with E-state index in [1.807, 2.05) is 24.3 Å². The number of ether oxygens (including phenoxy) is 1. The average molecular weight is 357 g/mol. The Labute approximate surface area is 118 Å². The molecule has 0 radical (unpaired) electrons. The minimum atomic E-state index is -0.175. The minimum Gasteiger partial charge on any atom is -0.483 e. The Bertz CT molecular complexity index is 511. The van der Waals surface area contributed by atoms with E-state index in [0.29, 0.717) is 12.3 Å². The van der Waals surface area contributed by atoms with Gasteiger partial charge in [0, 0.05) is 0 Å². The molecule has 2 aromatic rings. The molecule has 2 rings (SSSR count). The lowest BCUT2D eigenvalue weighted by atomic mass is 10.3. The summed E-state index contributed by atoms with van der Waals surface area (Å²) in [5.41, 5.74) is 0. The van der Waals surface area contributed by atoms with E-state index in [1.165, 1.54) is 0 Å².